The Labute approximate surface area is 228 Å². The number of unbranched alkanes of at least 4 members (excludes halogenated alkanes) is 1. The second kappa shape index (κ2) is 13.9. The van der Waals surface area contributed by atoms with E-state index >= 15 is 0 Å². The molecular formula is C30H36FN3O5. The summed E-state index contributed by atoms with van der Waals surface area (Å²) in [6.07, 6.45) is 7.03. The van der Waals surface area contributed by atoms with Crippen molar-refractivity contribution in [1.82, 2.24) is 10.3 Å². The van der Waals surface area contributed by atoms with Gasteiger partial charge in [0.05, 0.1) is 12.1 Å². The maximum absolute atomic E-state index is 15.0. The van der Waals surface area contributed by atoms with E-state index in [4.69, 9.17) is 14.2 Å². The summed E-state index contributed by atoms with van der Waals surface area (Å²) in [6.45, 7) is 6.68. The van der Waals surface area contributed by atoms with E-state index < -0.39 is 17.6 Å². The lowest BCUT2D eigenvalue weighted by molar-refractivity contribution is -0.136. The third-order valence-corrected chi connectivity index (χ3v) is 6.65. The van der Waals surface area contributed by atoms with Crippen LogP contribution in [0.4, 0.5) is 10.1 Å². The van der Waals surface area contributed by atoms with Gasteiger partial charge in [-0.15, -0.1) is 0 Å². The van der Waals surface area contributed by atoms with E-state index in [9.17, 15) is 14.0 Å². The molecule has 0 unspecified atom stereocenters. The fraction of sp³-hybridized carbons (Fsp3) is 0.433. The number of ether oxygens (including phenoxy) is 3. The number of aromatic nitrogens is 1. The highest BCUT2D eigenvalue weighted by Crippen LogP contribution is 2.35. The summed E-state index contributed by atoms with van der Waals surface area (Å²) in [6, 6.07) is 9.66. The van der Waals surface area contributed by atoms with Crippen molar-refractivity contribution in [3.63, 3.8) is 0 Å². The number of rotatable bonds is 11. The van der Waals surface area contributed by atoms with Crippen molar-refractivity contribution >= 4 is 28.4 Å². The van der Waals surface area contributed by atoms with Gasteiger partial charge in [-0.3, -0.25) is 14.6 Å². The molecule has 1 aromatic heterocycles. The zero-order valence-electron chi connectivity index (χ0n) is 22.6. The molecule has 1 aliphatic heterocycles. The van der Waals surface area contributed by atoms with Crippen molar-refractivity contribution < 1.29 is 28.2 Å². The molecule has 9 heteroatoms. The quantitative estimate of drug-likeness (QED) is 0.238. The van der Waals surface area contributed by atoms with Crippen LogP contribution in [0.25, 0.3) is 10.9 Å². The van der Waals surface area contributed by atoms with E-state index in [1.807, 2.05) is 19.1 Å². The largest absolute Gasteiger partial charge is 0.493 e. The van der Waals surface area contributed by atoms with Crippen LogP contribution in [-0.4, -0.2) is 43.2 Å². The van der Waals surface area contributed by atoms with Gasteiger partial charge >= 0.3 is 11.8 Å². The van der Waals surface area contributed by atoms with E-state index in [0.29, 0.717) is 30.3 Å². The number of benzene rings is 2. The third-order valence-electron chi connectivity index (χ3n) is 6.65. The molecule has 39 heavy (non-hydrogen) atoms. The molecule has 1 fully saturated rings. The Balaban J connectivity index is 1.49. The fourth-order valence-electron chi connectivity index (χ4n) is 4.43. The number of carbonyl (C=O) groups is 2. The normalized spacial score (nSPS) is 13.7. The van der Waals surface area contributed by atoms with Gasteiger partial charge in [-0.1, -0.05) is 26.7 Å². The number of anilines is 1. The van der Waals surface area contributed by atoms with Crippen LogP contribution in [0.3, 0.4) is 0 Å². The van der Waals surface area contributed by atoms with Crippen LogP contribution in [0.5, 0.6) is 17.2 Å². The van der Waals surface area contributed by atoms with Crippen LogP contribution in [0.15, 0.2) is 42.6 Å². The van der Waals surface area contributed by atoms with Crippen molar-refractivity contribution in [1.29, 1.82) is 0 Å². The summed E-state index contributed by atoms with van der Waals surface area (Å²) < 4.78 is 32.6. The first-order valence-corrected chi connectivity index (χ1v) is 13.7. The minimum absolute atomic E-state index is 0.00946. The third kappa shape index (κ3) is 7.66. The van der Waals surface area contributed by atoms with Gasteiger partial charge in [0.2, 0.25) is 0 Å². The summed E-state index contributed by atoms with van der Waals surface area (Å²) in [7, 11) is 0. The highest BCUT2D eigenvalue weighted by Gasteiger charge is 2.18. The zero-order valence-corrected chi connectivity index (χ0v) is 22.6. The number of fused-ring (bicyclic) bond motifs is 1. The molecule has 0 saturated carbocycles. The Hall–Kier alpha value is -3.72. The average Bonchev–Trinajstić information content (AvgIpc) is 2.94. The Morgan fingerprint density at radius 2 is 1.85 bits per heavy atom. The molecule has 0 aliphatic carbocycles. The van der Waals surface area contributed by atoms with E-state index in [2.05, 4.69) is 22.5 Å². The van der Waals surface area contributed by atoms with E-state index in [1.165, 1.54) is 12.1 Å². The zero-order chi connectivity index (χ0) is 27.6. The Bertz CT molecular complexity index is 1290. The molecule has 2 amide bonds. The molecule has 0 atom stereocenters. The molecule has 0 radical (unpaired) electrons. The molecule has 4 rings (SSSR count). The van der Waals surface area contributed by atoms with Crippen LogP contribution in [-0.2, 0) is 20.7 Å². The first-order chi connectivity index (χ1) is 19.0. The first kappa shape index (κ1) is 28.3. The minimum Gasteiger partial charge on any atom is -0.493 e. The number of amides is 2. The first-order valence-electron chi connectivity index (χ1n) is 13.7. The number of nitrogens with zero attached hydrogens (tertiary/aromatic N) is 1. The number of halogens is 1. The van der Waals surface area contributed by atoms with Crippen LogP contribution in [0.2, 0.25) is 0 Å². The SMILES string of the molecule is CCCCNC(=O)C(=O)Nc1ccc(Oc2ccnc3cc(OCC4CCOCC4)c(CCC)cc23)c(F)c1. The monoisotopic (exact) mass is 537 g/mol. The van der Waals surface area contributed by atoms with E-state index in [-0.39, 0.29) is 11.4 Å². The Kier molecular flexibility index (Phi) is 10.1. The Morgan fingerprint density at radius 1 is 1.03 bits per heavy atom. The van der Waals surface area contributed by atoms with Crippen molar-refractivity contribution in [2.75, 3.05) is 31.7 Å². The van der Waals surface area contributed by atoms with Gasteiger partial charge in [0.25, 0.3) is 0 Å². The molecular weight excluding hydrogens is 501 g/mol. The fourth-order valence-corrected chi connectivity index (χ4v) is 4.43. The smallest absolute Gasteiger partial charge is 0.313 e. The van der Waals surface area contributed by atoms with Crippen molar-refractivity contribution in [2.24, 2.45) is 5.92 Å². The summed E-state index contributed by atoms with van der Waals surface area (Å²) >= 11 is 0. The average molecular weight is 538 g/mol. The summed E-state index contributed by atoms with van der Waals surface area (Å²) in [5, 5.41) is 5.70. The molecule has 208 valence electrons. The van der Waals surface area contributed by atoms with Gasteiger partial charge in [-0.25, -0.2) is 4.39 Å². The van der Waals surface area contributed by atoms with Crippen LogP contribution >= 0.6 is 0 Å². The molecule has 2 N–H and O–H groups in total. The number of aryl methyl sites for hydroxylation is 1. The molecule has 2 heterocycles. The topological polar surface area (TPSA) is 98.8 Å². The number of pyridine rings is 1. The molecule has 1 saturated heterocycles. The lowest BCUT2D eigenvalue weighted by Crippen LogP contribution is -2.35. The highest BCUT2D eigenvalue weighted by molar-refractivity contribution is 6.39. The number of nitrogens with one attached hydrogen (secondary N) is 2. The number of hydrogen-bond acceptors (Lipinski definition) is 6. The number of carbonyl (C=O) groups excluding carboxylic acids is 2. The second-order valence-corrected chi connectivity index (χ2v) is 9.71. The predicted octanol–water partition coefficient (Wildman–Crippen LogP) is 5.78. The second-order valence-electron chi connectivity index (χ2n) is 9.71. The summed E-state index contributed by atoms with van der Waals surface area (Å²) in [5.74, 6) is -0.550. The summed E-state index contributed by atoms with van der Waals surface area (Å²) in [5.41, 5.74) is 1.89. The predicted molar refractivity (Wildman–Crippen MR) is 148 cm³/mol. The van der Waals surface area contributed by atoms with Gasteiger partial charge in [-0.2, -0.15) is 0 Å². The molecule has 3 aromatic rings. The molecule has 0 spiro atoms. The van der Waals surface area contributed by atoms with Crippen LogP contribution < -0.4 is 20.1 Å². The van der Waals surface area contributed by atoms with Gasteiger partial charge in [0.1, 0.15) is 11.5 Å². The van der Waals surface area contributed by atoms with E-state index in [1.54, 1.807) is 12.3 Å². The molecule has 0 bridgehead atoms. The summed E-state index contributed by atoms with van der Waals surface area (Å²) in [4.78, 5) is 28.5. The van der Waals surface area contributed by atoms with Gasteiger partial charge < -0.3 is 24.8 Å². The molecule has 8 nitrogen and oxygen atoms in total. The van der Waals surface area contributed by atoms with E-state index in [0.717, 1.165) is 74.5 Å². The lowest BCUT2D eigenvalue weighted by Gasteiger charge is -2.23. The molecule has 2 aromatic carbocycles. The van der Waals surface area contributed by atoms with Gasteiger partial charge in [-0.05, 0) is 61.4 Å². The molecule has 1 aliphatic rings. The maximum Gasteiger partial charge on any atom is 0.313 e. The van der Waals surface area contributed by atoms with Gasteiger partial charge in [0, 0.05) is 49.2 Å². The van der Waals surface area contributed by atoms with Crippen molar-refractivity contribution in [3.8, 4) is 17.2 Å². The number of hydrogen-bond donors (Lipinski definition) is 2. The minimum atomic E-state index is -0.849. The lowest BCUT2D eigenvalue weighted by atomic mass is 10.0. The van der Waals surface area contributed by atoms with Crippen molar-refractivity contribution in [2.45, 2.75) is 52.4 Å². The maximum atomic E-state index is 15.0. The van der Waals surface area contributed by atoms with Gasteiger partial charge in [0.15, 0.2) is 11.6 Å². The van der Waals surface area contributed by atoms with Crippen LogP contribution in [0.1, 0.15) is 51.5 Å². The highest BCUT2D eigenvalue weighted by atomic mass is 19.1. The van der Waals surface area contributed by atoms with Crippen molar-refractivity contribution in [3.05, 3.63) is 54.0 Å². The Morgan fingerprint density at radius 3 is 2.59 bits per heavy atom. The standard InChI is InChI=1S/C30H36FN3O5/c1-3-5-12-33-29(35)30(36)34-22-7-8-27(24(31)17-22)39-26-9-13-32-25-18-28(21(6-4-2)16-23(25)26)38-19-20-10-14-37-15-11-20/h7-9,13,16-18,20H,3-6,10-12,14-15,19H2,1-2H3,(H,33,35)(H,34,36). The van der Waals surface area contributed by atoms with Crippen LogP contribution in [0, 0.1) is 11.7 Å².